The zero-order valence-electron chi connectivity index (χ0n) is 23.1. The van der Waals surface area contributed by atoms with Crippen molar-refractivity contribution in [3.63, 3.8) is 0 Å². The first-order valence-electron chi connectivity index (χ1n) is 13.5. The highest BCUT2D eigenvalue weighted by Crippen LogP contribution is 2.18. The summed E-state index contributed by atoms with van der Waals surface area (Å²) in [6.45, 7) is 0.283. The van der Waals surface area contributed by atoms with Crippen molar-refractivity contribution < 1.29 is 33.1 Å². The van der Waals surface area contributed by atoms with Crippen LogP contribution < -0.4 is 16.0 Å². The normalized spacial score (nSPS) is 11.4. The van der Waals surface area contributed by atoms with E-state index in [-0.39, 0.29) is 37.7 Å². The van der Waals surface area contributed by atoms with Crippen LogP contribution >= 0.6 is 0 Å². The van der Waals surface area contributed by atoms with Gasteiger partial charge in [-0.15, -0.1) is 0 Å². The van der Waals surface area contributed by atoms with E-state index in [2.05, 4.69) is 20.9 Å². The predicted molar refractivity (Wildman–Crippen MR) is 155 cm³/mol. The minimum atomic E-state index is -0.941. The van der Waals surface area contributed by atoms with Crippen molar-refractivity contribution in [1.82, 2.24) is 15.6 Å². The monoisotopic (exact) mass is 572 g/mol. The van der Waals surface area contributed by atoms with Crippen molar-refractivity contribution in [2.75, 3.05) is 19.0 Å². The van der Waals surface area contributed by atoms with Crippen molar-refractivity contribution in [3.8, 4) is 0 Å². The van der Waals surface area contributed by atoms with E-state index in [1.54, 1.807) is 36.4 Å². The van der Waals surface area contributed by atoms with Crippen molar-refractivity contribution in [3.05, 3.63) is 96.1 Å². The summed E-state index contributed by atoms with van der Waals surface area (Å²) in [5.41, 5.74) is 2.82. The van der Waals surface area contributed by atoms with Gasteiger partial charge in [0.2, 0.25) is 5.91 Å². The van der Waals surface area contributed by atoms with Crippen LogP contribution in [-0.2, 0) is 32.1 Å². The molecule has 4 aromatic rings. The largest absolute Gasteiger partial charge is 0.472 e. The van der Waals surface area contributed by atoms with Crippen molar-refractivity contribution in [1.29, 1.82) is 0 Å². The first kappa shape index (κ1) is 29.8. The summed E-state index contributed by atoms with van der Waals surface area (Å²) < 4.78 is 14.8. The third-order valence-electron chi connectivity index (χ3n) is 6.44. The smallest absolute Gasteiger partial charge is 0.407 e. The maximum atomic E-state index is 13.4. The van der Waals surface area contributed by atoms with E-state index in [0.29, 0.717) is 24.0 Å². The second kappa shape index (κ2) is 15.0. The molecule has 0 aliphatic rings. The van der Waals surface area contributed by atoms with Crippen LogP contribution in [0, 0.1) is 0 Å². The third kappa shape index (κ3) is 8.65. The second-order valence-corrected chi connectivity index (χ2v) is 9.41. The molecule has 3 amide bonds. The summed E-state index contributed by atoms with van der Waals surface area (Å²) >= 11 is 0. The second-order valence-electron chi connectivity index (χ2n) is 9.41. The van der Waals surface area contributed by atoms with Crippen LogP contribution in [0.3, 0.4) is 0 Å². The molecule has 0 radical (unpaired) electrons. The molecular formula is C31H32N4O7. The highest BCUT2D eigenvalue weighted by Gasteiger charge is 2.23. The molecule has 0 aliphatic heterocycles. The molecule has 3 N–H and O–H groups in total. The van der Waals surface area contributed by atoms with Gasteiger partial charge >= 0.3 is 12.1 Å². The molecule has 42 heavy (non-hydrogen) atoms. The lowest BCUT2D eigenvalue weighted by atomic mass is 10.1. The molecule has 0 saturated carbocycles. The highest BCUT2D eigenvalue weighted by atomic mass is 16.5. The van der Waals surface area contributed by atoms with Gasteiger partial charge in [0.15, 0.2) is 0 Å². The van der Waals surface area contributed by atoms with Crippen LogP contribution in [-0.4, -0.2) is 48.6 Å². The van der Waals surface area contributed by atoms with E-state index in [1.807, 2.05) is 30.3 Å². The summed E-state index contributed by atoms with van der Waals surface area (Å²) in [6.07, 6.45) is 3.47. The summed E-state index contributed by atoms with van der Waals surface area (Å²) in [7, 11) is 1.32. The van der Waals surface area contributed by atoms with Gasteiger partial charge in [-0.25, -0.2) is 9.78 Å². The third-order valence-corrected chi connectivity index (χ3v) is 6.44. The Kier molecular flexibility index (Phi) is 10.6. The number of ether oxygens (including phenoxy) is 2. The van der Waals surface area contributed by atoms with E-state index in [4.69, 9.17) is 13.9 Å². The number of hydrogen-bond acceptors (Lipinski definition) is 8. The molecule has 11 heteroatoms. The van der Waals surface area contributed by atoms with Crippen LogP contribution in [0.2, 0.25) is 0 Å². The summed E-state index contributed by atoms with van der Waals surface area (Å²) in [5, 5.41) is 9.19. The maximum absolute atomic E-state index is 13.4. The Balaban J connectivity index is 1.41. The Morgan fingerprint density at radius 3 is 2.60 bits per heavy atom. The van der Waals surface area contributed by atoms with Gasteiger partial charge in [-0.1, -0.05) is 42.5 Å². The number of alkyl carbamates (subject to hydrolysis) is 1. The molecule has 0 unspecified atom stereocenters. The standard InChI is InChI=1S/C31H32N4O7/c1-40-28(36)15-13-23-8-3-5-10-25(23)34-29(37)26(11-6-17-32-31(39)42-20-21-16-18-41-19-21)35-30(38)27-14-12-22-7-2-4-9-24(22)33-27/h2-5,7-10,12,14,16,18-19,26H,6,11,13,15,17,20H2,1H3,(H,32,39)(H,34,37)(H,35,38)/t26-/m0/s1. The maximum Gasteiger partial charge on any atom is 0.407 e. The molecule has 0 saturated heterocycles. The van der Waals surface area contributed by atoms with E-state index >= 15 is 0 Å². The number of rotatable bonds is 13. The van der Waals surface area contributed by atoms with Crippen LogP contribution in [0.15, 0.2) is 83.7 Å². The number of carbonyl (C=O) groups excluding carboxylic acids is 4. The fourth-order valence-corrected chi connectivity index (χ4v) is 4.18. The Morgan fingerprint density at radius 1 is 0.976 bits per heavy atom. The lowest BCUT2D eigenvalue weighted by Gasteiger charge is -2.20. The van der Waals surface area contributed by atoms with E-state index in [9.17, 15) is 19.2 Å². The number of carbonyl (C=O) groups is 4. The zero-order chi connectivity index (χ0) is 29.7. The van der Waals surface area contributed by atoms with E-state index in [1.165, 1.54) is 19.6 Å². The molecule has 2 heterocycles. The van der Waals surface area contributed by atoms with E-state index in [0.717, 1.165) is 16.5 Å². The molecule has 0 bridgehead atoms. The van der Waals surface area contributed by atoms with Crippen molar-refractivity contribution in [2.45, 2.75) is 38.3 Å². The highest BCUT2D eigenvalue weighted by molar-refractivity contribution is 6.01. The van der Waals surface area contributed by atoms with Gasteiger partial charge in [0.25, 0.3) is 5.91 Å². The number of amides is 3. The van der Waals surface area contributed by atoms with Gasteiger partial charge in [0.05, 0.1) is 25.2 Å². The number of hydrogen-bond donors (Lipinski definition) is 3. The van der Waals surface area contributed by atoms with Gasteiger partial charge in [0.1, 0.15) is 18.3 Å². The number of aromatic nitrogens is 1. The SMILES string of the molecule is COC(=O)CCc1ccccc1NC(=O)[C@H](CCCNC(=O)OCc1ccoc1)NC(=O)c1ccc2ccccc2n1. The molecule has 4 rings (SSSR count). The van der Waals surface area contributed by atoms with Gasteiger partial charge in [-0.3, -0.25) is 14.4 Å². The minimum absolute atomic E-state index is 0.0670. The molecule has 0 spiro atoms. The number of anilines is 1. The van der Waals surface area contributed by atoms with Crippen LogP contribution in [0.4, 0.5) is 10.5 Å². The molecular weight excluding hydrogens is 540 g/mol. The lowest BCUT2D eigenvalue weighted by Crippen LogP contribution is -2.44. The number of benzene rings is 2. The molecule has 11 nitrogen and oxygen atoms in total. The number of methoxy groups -OCH3 is 1. The number of esters is 1. The van der Waals surface area contributed by atoms with Gasteiger partial charge in [-0.2, -0.15) is 0 Å². The fraction of sp³-hybridized carbons (Fsp3) is 0.258. The Bertz CT molecular complexity index is 1520. The average Bonchev–Trinajstić information content (AvgIpc) is 3.54. The Labute approximate surface area is 242 Å². The van der Waals surface area contributed by atoms with Gasteiger partial charge in [0, 0.05) is 29.6 Å². The topological polar surface area (TPSA) is 149 Å². The number of aryl methyl sites for hydroxylation is 1. The number of pyridine rings is 1. The lowest BCUT2D eigenvalue weighted by molar-refractivity contribution is -0.140. The minimum Gasteiger partial charge on any atom is -0.472 e. The first-order valence-corrected chi connectivity index (χ1v) is 13.5. The summed E-state index contributed by atoms with van der Waals surface area (Å²) in [5.74, 6) is -1.32. The quantitative estimate of drug-likeness (QED) is 0.158. The van der Waals surface area contributed by atoms with E-state index < -0.39 is 23.9 Å². The van der Waals surface area contributed by atoms with Crippen LogP contribution in [0.5, 0.6) is 0 Å². The van der Waals surface area contributed by atoms with Crippen molar-refractivity contribution >= 4 is 40.5 Å². The number of nitrogens with one attached hydrogen (secondary N) is 3. The van der Waals surface area contributed by atoms with Gasteiger partial charge < -0.3 is 29.8 Å². The Morgan fingerprint density at radius 2 is 1.79 bits per heavy atom. The molecule has 1 atom stereocenters. The average molecular weight is 573 g/mol. The molecule has 218 valence electrons. The molecule has 2 aromatic carbocycles. The number of para-hydroxylation sites is 2. The van der Waals surface area contributed by atoms with Crippen LogP contribution in [0.1, 0.15) is 40.9 Å². The molecule has 0 aliphatic carbocycles. The number of nitrogens with zero attached hydrogens (tertiary/aromatic N) is 1. The number of furan rings is 1. The Hall–Kier alpha value is -5.19. The predicted octanol–water partition coefficient (Wildman–Crippen LogP) is 4.38. The first-order chi connectivity index (χ1) is 20.4. The fourth-order valence-electron chi connectivity index (χ4n) is 4.18. The molecule has 2 aromatic heterocycles. The van der Waals surface area contributed by atoms with Gasteiger partial charge in [-0.05, 0) is 49.1 Å². The zero-order valence-corrected chi connectivity index (χ0v) is 23.1. The number of fused-ring (bicyclic) bond motifs is 1. The summed E-state index contributed by atoms with van der Waals surface area (Å²) in [6, 6.07) is 18.7. The van der Waals surface area contributed by atoms with Crippen molar-refractivity contribution in [2.24, 2.45) is 0 Å². The summed E-state index contributed by atoms with van der Waals surface area (Å²) in [4.78, 5) is 54.7. The molecule has 0 fully saturated rings. The van der Waals surface area contributed by atoms with Crippen LogP contribution in [0.25, 0.3) is 10.9 Å².